The Balaban J connectivity index is 2.09. The van der Waals surface area contributed by atoms with Gasteiger partial charge in [0.05, 0.1) is 6.42 Å². The summed E-state index contributed by atoms with van der Waals surface area (Å²) in [6.45, 7) is 6.47. The van der Waals surface area contributed by atoms with E-state index in [9.17, 15) is 9.59 Å². The van der Waals surface area contributed by atoms with Crippen molar-refractivity contribution in [2.75, 3.05) is 12.4 Å². The molecule has 1 atom stereocenters. The third-order valence-corrected chi connectivity index (χ3v) is 3.47. The van der Waals surface area contributed by atoms with E-state index in [1.165, 1.54) is 17.5 Å². The average molecular weight is 260 g/mol. The van der Waals surface area contributed by atoms with Crippen LogP contribution in [0, 0.1) is 0 Å². The first-order chi connectivity index (χ1) is 8.79. The lowest BCUT2D eigenvalue weighted by Crippen LogP contribution is -2.31. The van der Waals surface area contributed by atoms with E-state index >= 15 is 0 Å². The topological polar surface area (TPSA) is 49.4 Å². The van der Waals surface area contributed by atoms with Crippen LogP contribution in [0.25, 0.3) is 0 Å². The number of carbonyl (C=O) groups excluding carboxylic acids is 2. The van der Waals surface area contributed by atoms with E-state index in [2.05, 4.69) is 26.1 Å². The van der Waals surface area contributed by atoms with Gasteiger partial charge in [0.15, 0.2) is 0 Å². The summed E-state index contributed by atoms with van der Waals surface area (Å²) in [7, 11) is 1.52. The molecule has 0 aliphatic carbocycles. The highest BCUT2D eigenvalue weighted by Gasteiger charge is 2.35. The Morgan fingerprint density at radius 3 is 2.16 bits per heavy atom. The Hall–Kier alpha value is -1.84. The molecule has 0 spiro atoms. The Morgan fingerprint density at radius 1 is 1.16 bits per heavy atom. The van der Waals surface area contributed by atoms with Crippen LogP contribution in [0.15, 0.2) is 24.3 Å². The molecule has 1 fully saturated rings. The molecule has 1 aliphatic heterocycles. The number of amides is 2. The summed E-state index contributed by atoms with van der Waals surface area (Å²) in [5.74, 6) is -0.293. The summed E-state index contributed by atoms with van der Waals surface area (Å²) in [4.78, 5) is 24.4. The van der Waals surface area contributed by atoms with Gasteiger partial charge in [0, 0.05) is 12.7 Å². The second kappa shape index (κ2) is 4.68. The van der Waals surface area contributed by atoms with Crippen molar-refractivity contribution >= 4 is 17.5 Å². The Labute approximate surface area is 113 Å². The number of rotatable bonds is 2. The van der Waals surface area contributed by atoms with Gasteiger partial charge in [0.2, 0.25) is 5.91 Å². The molecule has 102 valence electrons. The number of likely N-dealkylation sites (tertiary alicyclic amines) is 1. The highest BCUT2D eigenvalue weighted by molar-refractivity contribution is 6.06. The van der Waals surface area contributed by atoms with Crippen LogP contribution in [0.1, 0.15) is 32.8 Å². The van der Waals surface area contributed by atoms with Crippen molar-refractivity contribution in [3.8, 4) is 0 Å². The molecule has 0 aromatic heterocycles. The van der Waals surface area contributed by atoms with Crippen LogP contribution in [0.4, 0.5) is 5.69 Å². The molecule has 1 N–H and O–H groups in total. The molecule has 19 heavy (non-hydrogen) atoms. The zero-order valence-corrected chi connectivity index (χ0v) is 11.9. The fourth-order valence-corrected chi connectivity index (χ4v) is 2.14. The second-order valence-corrected chi connectivity index (χ2v) is 6.02. The molecule has 0 radical (unpaired) electrons. The predicted octanol–water partition coefficient (Wildman–Crippen LogP) is 2.15. The first-order valence-corrected chi connectivity index (χ1v) is 6.46. The van der Waals surface area contributed by atoms with E-state index in [4.69, 9.17) is 0 Å². The van der Waals surface area contributed by atoms with Crippen molar-refractivity contribution in [2.45, 2.75) is 38.6 Å². The van der Waals surface area contributed by atoms with Crippen LogP contribution in [-0.2, 0) is 15.0 Å². The number of anilines is 1. The Bertz CT molecular complexity index is 500. The fourth-order valence-electron chi connectivity index (χ4n) is 2.14. The molecular weight excluding hydrogens is 240 g/mol. The molecule has 1 aromatic carbocycles. The second-order valence-electron chi connectivity index (χ2n) is 6.02. The third kappa shape index (κ3) is 2.78. The van der Waals surface area contributed by atoms with Crippen LogP contribution in [0.2, 0.25) is 0 Å². The molecule has 4 heteroatoms. The predicted molar refractivity (Wildman–Crippen MR) is 74.9 cm³/mol. The van der Waals surface area contributed by atoms with Gasteiger partial charge in [0.1, 0.15) is 6.04 Å². The quantitative estimate of drug-likeness (QED) is 0.829. The molecule has 2 amide bonds. The summed E-state index contributed by atoms with van der Waals surface area (Å²) in [6.07, 6.45) is 0.232. The molecule has 0 bridgehead atoms. The number of benzene rings is 1. The van der Waals surface area contributed by atoms with Crippen molar-refractivity contribution in [1.82, 2.24) is 4.90 Å². The number of carbonyl (C=O) groups is 2. The monoisotopic (exact) mass is 260 g/mol. The minimum Gasteiger partial charge on any atom is -0.373 e. The van der Waals surface area contributed by atoms with Crippen LogP contribution in [-0.4, -0.2) is 29.8 Å². The van der Waals surface area contributed by atoms with Gasteiger partial charge in [0.25, 0.3) is 5.91 Å². The summed E-state index contributed by atoms with van der Waals surface area (Å²) in [5.41, 5.74) is 2.22. The van der Waals surface area contributed by atoms with Gasteiger partial charge in [-0.2, -0.15) is 0 Å². The largest absolute Gasteiger partial charge is 0.373 e. The molecule has 1 saturated heterocycles. The van der Waals surface area contributed by atoms with Crippen LogP contribution >= 0.6 is 0 Å². The molecule has 1 aliphatic rings. The fraction of sp³-hybridized carbons (Fsp3) is 0.467. The van der Waals surface area contributed by atoms with E-state index < -0.39 is 6.04 Å². The first-order valence-electron chi connectivity index (χ1n) is 6.46. The minimum absolute atomic E-state index is 0.109. The Kier molecular flexibility index (Phi) is 3.35. The number of hydrogen-bond donors (Lipinski definition) is 1. The van der Waals surface area contributed by atoms with Gasteiger partial charge >= 0.3 is 0 Å². The molecule has 1 aromatic rings. The standard InChI is InChI=1S/C15H20N2O2/c1-15(2,3)10-5-7-11(8-6-10)16-12-9-13(18)17(4)14(12)19/h5-8,12,16H,9H2,1-4H3/t12-/m1/s1. The van der Waals surface area contributed by atoms with E-state index in [0.717, 1.165) is 5.69 Å². The normalized spacial score (nSPS) is 20.0. The summed E-state index contributed by atoms with van der Waals surface area (Å²) in [6, 6.07) is 7.58. The van der Waals surface area contributed by atoms with E-state index in [-0.39, 0.29) is 23.7 Å². The lowest BCUT2D eigenvalue weighted by Gasteiger charge is -2.20. The van der Waals surface area contributed by atoms with E-state index in [1.807, 2.05) is 24.3 Å². The molecule has 1 heterocycles. The minimum atomic E-state index is -0.432. The van der Waals surface area contributed by atoms with Crippen molar-refractivity contribution < 1.29 is 9.59 Å². The number of imide groups is 1. The highest BCUT2D eigenvalue weighted by Crippen LogP contribution is 2.24. The first kappa shape index (κ1) is 13.6. The lowest BCUT2D eigenvalue weighted by molar-refractivity contribution is -0.136. The van der Waals surface area contributed by atoms with Gasteiger partial charge < -0.3 is 5.32 Å². The van der Waals surface area contributed by atoms with Crippen molar-refractivity contribution in [1.29, 1.82) is 0 Å². The molecule has 2 rings (SSSR count). The maximum Gasteiger partial charge on any atom is 0.251 e. The average Bonchev–Trinajstić information content (AvgIpc) is 2.57. The van der Waals surface area contributed by atoms with Gasteiger partial charge in [-0.25, -0.2) is 0 Å². The SMILES string of the molecule is CN1C(=O)C[C@@H](Nc2ccc(C(C)(C)C)cc2)C1=O. The summed E-state index contributed by atoms with van der Waals surface area (Å²) in [5, 5.41) is 3.12. The van der Waals surface area contributed by atoms with Crippen LogP contribution in [0.5, 0.6) is 0 Å². The lowest BCUT2D eigenvalue weighted by atomic mass is 9.87. The van der Waals surface area contributed by atoms with Gasteiger partial charge in [-0.15, -0.1) is 0 Å². The smallest absolute Gasteiger partial charge is 0.251 e. The van der Waals surface area contributed by atoms with Gasteiger partial charge in [-0.3, -0.25) is 14.5 Å². The molecule has 4 nitrogen and oxygen atoms in total. The third-order valence-electron chi connectivity index (χ3n) is 3.47. The number of hydrogen-bond acceptors (Lipinski definition) is 3. The maximum atomic E-state index is 11.8. The molecule has 0 saturated carbocycles. The summed E-state index contributed by atoms with van der Waals surface area (Å²) >= 11 is 0. The highest BCUT2D eigenvalue weighted by atomic mass is 16.2. The zero-order chi connectivity index (χ0) is 14.2. The van der Waals surface area contributed by atoms with Gasteiger partial charge in [-0.1, -0.05) is 32.9 Å². The Morgan fingerprint density at radius 2 is 1.74 bits per heavy atom. The van der Waals surface area contributed by atoms with Crippen molar-refractivity contribution in [3.63, 3.8) is 0 Å². The number of nitrogens with one attached hydrogen (secondary N) is 1. The number of nitrogens with zero attached hydrogens (tertiary/aromatic N) is 1. The zero-order valence-electron chi connectivity index (χ0n) is 11.9. The molecular formula is C15H20N2O2. The molecule has 0 unspecified atom stereocenters. The van der Waals surface area contributed by atoms with E-state index in [0.29, 0.717) is 0 Å². The van der Waals surface area contributed by atoms with Crippen molar-refractivity contribution in [2.24, 2.45) is 0 Å². The van der Waals surface area contributed by atoms with Crippen LogP contribution in [0.3, 0.4) is 0 Å². The van der Waals surface area contributed by atoms with E-state index in [1.54, 1.807) is 0 Å². The maximum absolute atomic E-state index is 11.8. The van der Waals surface area contributed by atoms with Crippen molar-refractivity contribution in [3.05, 3.63) is 29.8 Å². The van der Waals surface area contributed by atoms with Crippen LogP contribution < -0.4 is 5.32 Å². The summed E-state index contributed by atoms with van der Waals surface area (Å²) < 4.78 is 0. The van der Waals surface area contributed by atoms with Gasteiger partial charge in [-0.05, 0) is 23.1 Å². The number of likely N-dealkylation sites (N-methyl/N-ethyl adjacent to an activating group) is 1.